The maximum Gasteiger partial charge on any atom is 0.0806 e. The second kappa shape index (κ2) is 8.05. The van der Waals surface area contributed by atoms with Crippen molar-refractivity contribution < 1.29 is 0 Å². The molecule has 2 aromatic heterocycles. The number of rotatable bonds is 2. The molecule has 0 unspecified atom stereocenters. The minimum absolute atomic E-state index is 0.966. The SMILES string of the molecule is c1ccc(-c2cc3ccccc3nc2-c2cc3ccc2CCc2ccc(cc2)CC3)nc1. The van der Waals surface area contributed by atoms with Gasteiger partial charge in [-0.2, -0.15) is 0 Å². The normalized spacial score (nSPS) is 13.1. The van der Waals surface area contributed by atoms with Crippen molar-refractivity contribution in [2.24, 2.45) is 0 Å². The van der Waals surface area contributed by atoms with Gasteiger partial charge in [0.15, 0.2) is 0 Å². The van der Waals surface area contributed by atoms with E-state index in [1.54, 1.807) is 0 Å². The van der Waals surface area contributed by atoms with Gasteiger partial charge in [0.25, 0.3) is 0 Å². The van der Waals surface area contributed by atoms with Crippen LogP contribution in [0.15, 0.2) is 97.2 Å². The van der Waals surface area contributed by atoms with Crippen molar-refractivity contribution in [1.82, 2.24) is 9.97 Å². The molecule has 32 heavy (non-hydrogen) atoms. The van der Waals surface area contributed by atoms with Crippen molar-refractivity contribution in [3.8, 4) is 22.5 Å². The maximum atomic E-state index is 5.19. The van der Waals surface area contributed by atoms with Crippen LogP contribution in [0.1, 0.15) is 22.3 Å². The highest BCUT2D eigenvalue weighted by Gasteiger charge is 2.17. The molecule has 0 saturated carbocycles. The molecule has 0 radical (unpaired) electrons. The summed E-state index contributed by atoms with van der Waals surface area (Å²) >= 11 is 0. The van der Waals surface area contributed by atoms with Gasteiger partial charge in [-0.05, 0) is 78.3 Å². The molecule has 0 atom stereocenters. The van der Waals surface area contributed by atoms with E-state index in [0.717, 1.165) is 53.5 Å². The van der Waals surface area contributed by atoms with Crippen molar-refractivity contribution in [2.45, 2.75) is 25.7 Å². The lowest BCUT2D eigenvalue weighted by Crippen LogP contribution is -2.02. The molecule has 0 aliphatic heterocycles. The van der Waals surface area contributed by atoms with Crippen molar-refractivity contribution in [1.29, 1.82) is 0 Å². The fraction of sp³-hybridized carbons (Fsp3) is 0.133. The van der Waals surface area contributed by atoms with Gasteiger partial charge in [0.2, 0.25) is 0 Å². The number of hydrogen-bond acceptors (Lipinski definition) is 2. The van der Waals surface area contributed by atoms with Gasteiger partial charge >= 0.3 is 0 Å². The minimum Gasteiger partial charge on any atom is -0.256 e. The van der Waals surface area contributed by atoms with Crippen LogP contribution in [0.25, 0.3) is 33.4 Å². The molecule has 0 spiro atoms. The molecule has 0 amide bonds. The number of nitrogens with zero attached hydrogens (tertiary/aromatic N) is 2. The van der Waals surface area contributed by atoms with Crippen LogP contribution >= 0.6 is 0 Å². The number of aromatic nitrogens is 2. The van der Waals surface area contributed by atoms with Gasteiger partial charge in [-0.15, -0.1) is 0 Å². The summed E-state index contributed by atoms with van der Waals surface area (Å²) in [5, 5.41) is 1.14. The Morgan fingerprint density at radius 1 is 0.562 bits per heavy atom. The third-order valence-electron chi connectivity index (χ3n) is 6.50. The summed E-state index contributed by atoms with van der Waals surface area (Å²) in [6.45, 7) is 0. The molecular formula is C30H24N2. The Morgan fingerprint density at radius 2 is 1.28 bits per heavy atom. The van der Waals surface area contributed by atoms with Crippen LogP contribution in [0.5, 0.6) is 0 Å². The molecule has 0 saturated heterocycles. The molecule has 2 nitrogen and oxygen atoms in total. The zero-order valence-electron chi connectivity index (χ0n) is 18.0. The first kappa shape index (κ1) is 18.9. The monoisotopic (exact) mass is 412 g/mol. The molecule has 4 aliphatic carbocycles. The van der Waals surface area contributed by atoms with Crippen LogP contribution in [-0.2, 0) is 25.7 Å². The van der Waals surface area contributed by atoms with E-state index in [0.29, 0.717) is 0 Å². The Morgan fingerprint density at radius 3 is 2.09 bits per heavy atom. The third kappa shape index (κ3) is 3.58. The lowest BCUT2D eigenvalue weighted by atomic mass is 9.90. The van der Waals surface area contributed by atoms with Gasteiger partial charge in [0.05, 0.1) is 16.9 Å². The Kier molecular flexibility index (Phi) is 4.77. The number of para-hydroxylation sites is 1. The van der Waals surface area contributed by atoms with E-state index in [1.165, 1.54) is 27.8 Å². The summed E-state index contributed by atoms with van der Waals surface area (Å²) in [5.41, 5.74) is 10.8. The summed E-state index contributed by atoms with van der Waals surface area (Å²) in [6, 6.07) is 32.8. The lowest BCUT2D eigenvalue weighted by molar-refractivity contribution is 0.922. The quantitative estimate of drug-likeness (QED) is 0.317. The fourth-order valence-corrected chi connectivity index (χ4v) is 4.70. The third-order valence-corrected chi connectivity index (χ3v) is 6.50. The highest BCUT2D eigenvalue weighted by Crippen LogP contribution is 2.35. The predicted octanol–water partition coefficient (Wildman–Crippen LogP) is 6.85. The first-order valence-corrected chi connectivity index (χ1v) is 11.3. The number of hydrogen-bond donors (Lipinski definition) is 0. The van der Waals surface area contributed by atoms with Crippen molar-refractivity contribution in [3.05, 3.63) is 119 Å². The van der Waals surface area contributed by atoms with Crippen LogP contribution in [0, 0.1) is 0 Å². The summed E-state index contributed by atoms with van der Waals surface area (Å²) < 4.78 is 0. The highest BCUT2D eigenvalue weighted by molar-refractivity contribution is 5.91. The average Bonchev–Trinajstić information content (AvgIpc) is 2.85. The predicted molar refractivity (Wildman–Crippen MR) is 132 cm³/mol. The largest absolute Gasteiger partial charge is 0.256 e. The zero-order valence-corrected chi connectivity index (χ0v) is 18.0. The maximum absolute atomic E-state index is 5.19. The summed E-state index contributed by atoms with van der Waals surface area (Å²) in [5.74, 6) is 0. The smallest absolute Gasteiger partial charge is 0.0806 e. The van der Waals surface area contributed by atoms with E-state index >= 15 is 0 Å². The van der Waals surface area contributed by atoms with Gasteiger partial charge in [-0.3, -0.25) is 4.98 Å². The Balaban J connectivity index is 1.57. The van der Waals surface area contributed by atoms with E-state index in [9.17, 15) is 0 Å². The van der Waals surface area contributed by atoms with Crippen LogP contribution in [0.3, 0.4) is 0 Å². The fourth-order valence-electron chi connectivity index (χ4n) is 4.70. The minimum atomic E-state index is 0.966. The Hall–Kier alpha value is -3.78. The van der Waals surface area contributed by atoms with Gasteiger partial charge in [-0.25, -0.2) is 4.98 Å². The summed E-state index contributed by atoms with van der Waals surface area (Å²) in [7, 11) is 0. The van der Waals surface area contributed by atoms with Crippen LogP contribution in [-0.4, -0.2) is 9.97 Å². The average molecular weight is 413 g/mol. The van der Waals surface area contributed by atoms with E-state index in [1.807, 2.05) is 18.3 Å². The number of fused-ring (bicyclic) bond motifs is 1. The first-order chi connectivity index (χ1) is 15.8. The topological polar surface area (TPSA) is 25.8 Å². The molecule has 154 valence electrons. The first-order valence-electron chi connectivity index (χ1n) is 11.3. The van der Waals surface area contributed by atoms with E-state index in [4.69, 9.17) is 4.98 Å². The molecular weight excluding hydrogens is 388 g/mol. The standard InChI is InChI=1S/C30H24N2/c1-2-6-28-25(5-1)20-27(29-7-3-4-18-31-29)30(32-28)26-19-23-13-12-21-8-10-22(11-9-21)14-16-24(26)17-15-23/h1-11,15,17-20H,12-14,16H2. The molecule has 3 aromatic carbocycles. The summed E-state index contributed by atoms with van der Waals surface area (Å²) in [6.07, 6.45) is 5.96. The van der Waals surface area contributed by atoms with Gasteiger partial charge in [0.1, 0.15) is 0 Å². The van der Waals surface area contributed by atoms with Crippen LogP contribution in [0.4, 0.5) is 0 Å². The van der Waals surface area contributed by atoms with E-state index < -0.39 is 0 Å². The number of benzene rings is 3. The van der Waals surface area contributed by atoms with Crippen LogP contribution < -0.4 is 0 Å². The molecule has 2 heteroatoms. The summed E-state index contributed by atoms with van der Waals surface area (Å²) in [4.78, 5) is 9.87. The lowest BCUT2D eigenvalue weighted by Gasteiger charge is -2.17. The molecule has 5 aromatic rings. The van der Waals surface area contributed by atoms with Gasteiger partial charge in [0, 0.05) is 22.7 Å². The molecule has 4 bridgehead atoms. The van der Waals surface area contributed by atoms with Crippen LogP contribution in [0.2, 0.25) is 0 Å². The van der Waals surface area contributed by atoms with E-state index in [2.05, 4.69) is 83.8 Å². The number of pyridine rings is 2. The number of aryl methyl sites for hydroxylation is 4. The van der Waals surface area contributed by atoms with Crippen molar-refractivity contribution in [3.63, 3.8) is 0 Å². The Bertz CT molecular complexity index is 1400. The van der Waals surface area contributed by atoms with E-state index in [-0.39, 0.29) is 0 Å². The molecule has 0 fully saturated rings. The second-order valence-electron chi connectivity index (χ2n) is 8.60. The molecule has 4 aliphatic rings. The second-order valence-corrected chi connectivity index (χ2v) is 8.60. The highest BCUT2D eigenvalue weighted by atomic mass is 14.7. The van der Waals surface area contributed by atoms with Gasteiger partial charge < -0.3 is 0 Å². The van der Waals surface area contributed by atoms with Crippen molar-refractivity contribution >= 4 is 10.9 Å². The molecule has 2 heterocycles. The zero-order chi connectivity index (χ0) is 21.3. The molecule has 9 rings (SSSR count). The van der Waals surface area contributed by atoms with Crippen molar-refractivity contribution in [2.75, 3.05) is 0 Å². The Labute approximate surface area is 188 Å². The van der Waals surface area contributed by atoms with Gasteiger partial charge in [-0.1, -0.05) is 60.7 Å². The molecule has 0 N–H and O–H groups in total.